The summed E-state index contributed by atoms with van der Waals surface area (Å²) in [4.78, 5) is 157. The molecule has 14 aromatic rings. The van der Waals surface area contributed by atoms with E-state index in [0.717, 1.165) is 63.6 Å². The fourth-order valence-corrected chi connectivity index (χ4v) is 16.4. The summed E-state index contributed by atoms with van der Waals surface area (Å²) in [5.41, 5.74) is 7.32. The number of ketones is 2. The van der Waals surface area contributed by atoms with Gasteiger partial charge in [0.1, 0.15) is 65.6 Å². The number of aromatic amines is 4. The van der Waals surface area contributed by atoms with Gasteiger partial charge in [-0.25, -0.2) is 33.2 Å². The Hall–Kier alpha value is -15.5. The molecule has 0 spiro atoms. The lowest BCUT2D eigenvalue weighted by Crippen LogP contribution is -2.33. The predicted molar refractivity (Wildman–Crippen MR) is 518 cm³/mol. The SMILES string of the molecule is CC1=CN(C/C=C\CNC(=O)Cc2ccc3ccccc3c2)C(=O)CC1=O.COc1ccc(-c2cn([C@H]3CC(n4cc(C)c(=O)[nH]c4=O)O[C@@H]3CO)nn2)cc1.Cc1cn(C2C[C@H](n3cc(-c4ccc(Cl)cc4)nn3)[C@@H](CO)O2)c(=O)[nH]c1=O.Cc1cn(C2C[C@H](n3cc(-c4ccccn4)nn3)[C@@H](CO)O2)c(=O)[nH]c1=O.Cc1cn(CCCCCC(=O)Cc2ccc(-c3ccccc3)cc2)c(=O)[nH]c1=O. The predicted octanol–water partition coefficient (Wildman–Crippen LogP) is 8.57. The number of amides is 2. The first-order chi connectivity index (χ1) is 67.6. The van der Waals surface area contributed by atoms with Gasteiger partial charge in [-0.2, -0.15) is 0 Å². The standard InChI is InChI=1S/C24H26N2O3.C22H22N2O3.C19H21N5O5.C18H18ClN5O4.C17H18N6O4/c1-18-17-26(24(29)25-23(18)28)15-7-3-6-10-22(27)16-19-11-13-21(14-12-19)20-8-4-2-5-9-20;1-16-15-24(22(27)14-20(16)25)11-5-4-10-23-21(26)13-17-8-9-18-6-2-3-7-19(18)12-17;1-11-8-23(19(27)20-18(11)26)17-7-15(16(10-25)29-17)24-9-14(21-22-24)12-3-5-13(28-2)6-4-12;1-10-7-23(18(27)20-17(10)26)16-6-14(15(9-25)28-16)24-8-13(21-22-24)11-2-4-12(19)5-3-11;1-10-7-22(17(26)19-16(10)25)15-6-13(14(9-24)27-15)23-8-12(20-21-23)11-4-2-3-5-18-11/h2,4-5,8-9,11-14,17H,3,6-7,10,15-16H2,1H3,(H,25,28,29);2-9,12,15H,10-11,13-14H2,1H3,(H,23,26);3-6,8-9,15-17,25H,7,10H2,1-2H3,(H,20,26,27);2-5,7-8,14-16,25H,6,9H2,1H3,(H,20,26,27);2-5,7-8,13-15,24H,6,9H2,1H3,(H,19,25,26)/b;5-4-;;;/t;;15-,16+,17?;14-,15+,16?;13-,14+,15?/m..000/s1. The fraction of sp³-hybridized carbons (Fsp3) is 0.310. The second-order valence-electron chi connectivity index (χ2n) is 33.9. The Labute approximate surface area is 803 Å². The van der Waals surface area contributed by atoms with Crippen molar-refractivity contribution in [1.29, 1.82) is 0 Å². The maximum atomic E-state index is 12.2. The number of unbranched alkanes of at least 4 members (excludes halogenated alkanes) is 2. The maximum absolute atomic E-state index is 12.2. The third-order valence-corrected chi connectivity index (χ3v) is 24.3. The Morgan fingerprint density at radius 2 is 0.943 bits per heavy atom. The number of carbonyl (C=O) groups excluding carboxylic acids is 4. The van der Waals surface area contributed by atoms with Gasteiger partial charge in [-0.3, -0.25) is 77.0 Å². The van der Waals surface area contributed by atoms with Crippen LogP contribution in [0.1, 0.15) is 128 Å². The summed E-state index contributed by atoms with van der Waals surface area (Å²) in [6.45, 7) is 8.84. The van der Waals surface area contributed by atoms with Crippen LogP contribution >= 0.6 is 11.6 Å². The molecule has 8 N–H and O–H groups in total. The van der Waals surface area contributed by atoms with E-state index in [0.29, 0.717) is 114 Å². The quantitative estimate of drug-likeness (QED) is 0.0129. The zero-order valence-corrected chi connectivity index (χ0v) is 78.2. The number of nitrogens with zero attached hydrogens (tertiary/aromatic N) is 15. The number of aryl methyl sites for hydroxylation is 5. The molecule has 4 aliphatic rings. The molecule has 8 aromatic heterocycles. The fourth-order valence-electron chi connectivity index (χ4n) is 16.3. The summed E-state index contributed by atoms with van der Waals surface area (Å²) in [5.74, 6) is 0.603. The molecule has 18 rings (SSSR count). The number of aliphatic hydroxyl groups excluding tert-OH is 3. The summed E-state index contributed by atoms with van der Waals surface area (Å²) in [6.07, 6.45) is 19.4. The van der Waals surface area contributed by atoms with Gasteiger partial charge in [-0.05, 0) is 129 Å². The lowest BCUT2D eigenvalue weighted by atomic mass is 10.0. The number of hydrogen-bond donors (Lipinski definition) is 8. The number of fused-ring (bicyclic) bond motifs is 1. The molecule has 6 aromatic carbocycles. The molecular formula is C100H105ClN20O19. The lowest BCUT2D eigenvalue weighted by molar-refractivity contribution is -0.133. The van der Waals surface area contributed by atoms with E-state index in [1.165, 1.54) is 47.3 Å². The largest absolute Gasteiger partial charge is 0.497 e. The van der Waals surface area contributed by atoms with Crippen molar-refractivity contribution in [3.63, 3.8) is 0 Å². The molecule has 2 amide bonds. The number of Topliss-reactive ketones (excluding diaryl/α,β-unsaturated/α-hetero) is 2. The number of nitrogens with one attached hydrogen (secondary N) is 5. The van der Waals surface area contributed by atoms with Gasteiger partial charge in [0.25, 0.3) is 22.2 Å². The Morgan fingerprint density at radius 3 is 1.46 bits per heavy atom. The number of rotatable bonds is 28. The van der Waals surface area contributed by atoms with Gasteiger partial charge in [0.05, 0.1) is 82.2 Å². The number of aromatic nitrogens is 18. The maximum Gasteiger partial charge on any atom is 0.330 e. The van der Waals surface area contributed by atoms with Crippen LogP contribution in [-0.2, 0) is 52.8 Å². The monoisotopic (exact) mass is 1920 g/mol. The average molecular weight is 1930 g/mol. The Bertz CT molecular complexity index is 7290. The number of aliphatic hydroxyl groups is 3. The van der Waals surface area contributed by atoms with Crippen molar-refractivity contribution in [2.45, 2.75) is 160 Å². The van der Waals surface area contributed by atoms with Gasteiger partial charge in [-0.1, -0.05) is 161 Å². The summed E-state index contributed by atoms with van der Waals surface area (Å²) in [6, 6.07) is 51.6. The third-order valence-electron chi connectivity index (χ3n) is 24.0. The van der Waals surface area contributed by atoms with Crippen LogP contribution in [0.25, 0.3) is 55.8 Å². The molecule has 3 unspecified atom stereocenters. The van der Waals surface area contributed by atoms with Crippen molar-refractivity contribution in [2.75, 3.05) is 40.0 Å². The Morgan fingerprint density at radius 1 is 0.479 bits per heavy atom. The molecule has 4 aliphatic heterocycles. The van der Waals surface area contributed by atoms with Crippen LogP contribution in [0.15, 0.2) is 276 Å². The first-order valence-corrected chi connectivity index (χ1v) is 45.7. The molecule has 0 bridgehead atoms. The van der Waals surface area contributed by atoms with Crippen LogP contribution in [0.4, 0.5) is 0 Å². The van der Waals surface area contributed by atoms with Crippen molar-refractivity contribution < 1.29 is 53.4 Å². The molecule has 0 saturated carbocycles. The molecule has 726 valence electrons. The van der Waals surface area contributed by atoms with Crippen LogP contribution in [0.5, 0.6) is 5.75 Å². The molecule has 140 heavy (non-hydrogen) atoms. The second kappa shape index (κ2) is 47.0. The van der Waals surface area contributed by atoms with Crippen LogP contribution in [0, 0.1) is 27.7 Å². The minimum Gasteiger partial charge on any atom is -0.497 e. The summed E-state index contributed by atoms with van der Waals surface area (Å²) >= 11 is 5.92. The van der Waals surface area contributed by atoms with Crippen LogP contribution in [0.3, 0.4) is 0 Å². The van der Waals surface area contributed by atoms with Crippen molar-refractivity contribution >= 4 is 45.8 Å². The highest BCUT2D eigenvalue weighted by atomic mass is 35.5. The number of hydrogen-bond acceptors (Lipinski definition) is 26. The van der Waals surface area contributed by atoms with Gasteiger partial charge in [0.2, 0.25) is 11.8 Å². The molecule has 12 heterocycles. The molecule has 0 radical (unpaired) electrons. The van der Waals surface area contributed by atoms with E-state index in [2.05, 4.69) is 85.4 Å². The number of H-pyrrole nitrogens is 4. The minimum atomic E-state index is -0.631. The van der Waals surface area contributed by atoms with Crippen LogP contribution in [-0.4, -0.2) is 190 Å². The Kier molecular flexibility index (Phi) is 33.7. The molecule has 3 fully saturated rings. The molecule has 0 aliphatic carbocycles. The van der Waals surface area contributed by atoms with E-state index in [1.54, 1.807) is 105 Å². The van der Waals surface area contributed by atoms with E-state index in [-0.39, 0.29) is 79.0 Å². The zero-order valence-electron chi connectivity index (χ0n) is 77.4. The topological polar surface area (TPSA) is 506 Å². The number of ether oxygens (including phenoxy) is 4. The van der Waals surface area contributed by atoms with E-state index < -0.39 is 70.7 Å². The number of allylic oxidation sites excluding steroid dienone is 1. The first-order valence-electron chi connectivity index (χ1n) is 45.3. The van der Waals surface area contributed by atoms with Gasteiger partial charge in [-0.15, -0.1) is 15.3 Å². The molecular weight excluding hydrogens is 1820 g/mol. The highest BCUT2D eigenvalue weighted by Gasteiger charge is 2.42. The third kappa shape index (κ3) is 25.6. The van der Waals surface area contributed by atoms with Gasteiger partial charge in [0, 0.05) is 133 Å². The molecule has 9 atom stereocenters. The molecule has 40 heteroatoms. The first kappa shape index (κ1) is 100. The van der Waals surface area contributed by atoms with Crippen molar-refractivity contribution in [3.05, 3.63) is 359 Å². The highest BCUT2D eigenvalue weighted by molar-refractivity contribution is 6.30. The number of pyridine rings is 1. The second-order valence-corrected chi connectivity index (χ2v) is 34.4. The van der Waals surface area contributed by atoms with E-state index >= 15 is 0 Å². The molecule has 3 saturated heterocycles. The smallest absolute Gasteiger partial charge is 0.330 e. The van der Waals surface area contributed by atoms with Crippen molar-refractivity contribution in [3.8, 4) is 50.8 Å². The van der Waals surface area contributed by atoms with Crippen molar-refractivity contribution in [1.82, 2.24) is 98.4 Å². The van der Waals surface area contributed by atoms with Gasteiger partial charge in [0.15, 0.2) is 5.78 Å². The zero-order chi connectivity index (χ0) is 99.2. The number of halogens is 1. The lowest BCUT2D eigenvalue weighted by Gasteiger charge is -2.21. The molecule has 39 nitrogen and oxygen atoms in total. The number of benzene rings is 6. The normalized spacial score (nSPS) is 18.2. The number of carbonyl (C=O) groups is 4. The van der Waals surface area contributed by atoms with E-state index in [4.69, 9.17) is 30.5 Å². The highest BCUT2D eigenvalue weighted by Crippen LogP contribution is 2.40. The van der Waals surface area contributed by atoms with Gasteiger partial charge < -0.3 is 49.1 Å². The van der Waals surface area contributed by atoms with E-state index in [9.17, 15) is 72.9 Å². The summed E-state index contributed by atoms with van der Waals surface area (Å²) in [7, 11) is 1.60. The van der Waals surface area contributed by atoms with Crippen LogP contribution < -0.4 is 55.0 Å². The Balaban J connectivity index is 0.000000139. The van der Waals surface area contributed by atoms with Gasteiger partial charge >= 0.3 is 22.8 Å². The summed E-state index contributed by atoms with van der Waals surface area (Å²) < 4.78 is 33.1. The van der Waals surface area contributed by atoms with Crippen LogP contribution in [0.2, 0.25) is 5.02 Å². The summed E-state index contributed by atoms with van der Waals surface area (Å²) in [5, 5.41) is 60.0. The number of methoxy groups -OCH3 is 1. The average Bonchev–Trinajstić information content (AvgIpc) is 1.64. The van der Waals surface area contributed by atoms with Crippen molar-refractivity contribution in [2.24, 2.45) is 0 Å². The van der Waals surface area contributed by atoms with E-state index in [1.807, 2.05) is 140 Å². The minimum absolute atomic E-state index is 0.0506.